The molecule has 1 N–H and O–H groups in total. The molecule has 0 atom stereocenters. The van der Waals surface area contributed by atoms with Crippen LogP contribution in [0.5, 0.6) is 5.75 Å². The molecule has 2 amide bonds. The lowest BCUT2D eigenvalue weighted by Gasteiger charge is -2.18. The highest BCUT2D eigenvalue weighted by molar-refractivity contribution is 7.92. The number of carbonyl (C=O) groups excluding carboxylic acids is 2. The first-order chi connectivity index (χ1) is 12.3. The van der Waals surface area contributed by atoms with Crippen LogP contribution in [0.15, 0.2) is 47.4 Å². The van der Waals surface area contributed by atoms with Crippen molar-refractivity contribution >= 4 is 44.8 Å². The number of benzene rings is 2. The van der Waals surface area contributed by atoms with Crippen LogP contribution in [0.2, 0.25) is 5.02 Å². The lowest BCUT2D eigenvalue weighted by Crippen LogP contribution is -2.29. The summed E-state index contributed by atoms with van der Waals surface area (Å²) in [5.41, 5.74) is 0.400. The minimum atomic E-state index is -3.96. The van der Waals surface area contributed by atoms with E-state index in [2.05, 4.69) is 4.72 Å². The zero-order chi connectivity index (χ0) is 18.9. The maximum absolute atomic E-state index is 12.7. The number of imide groups is 1. The molecule has 0 unspecified atom stereocenters. The number of rotatable bonds is 5. The van der Waals surface area contributed by atoms with Crippen molar-refractivity contribution in [2.75, 3.05) is 16.7 Å². The molecule has 0 aromatic heterocycles. The molecule has 7 nitrogen and oxygen atoms in total. The van der Waals surface area contributed by atoms with Gasteiger partial charge in [-0.05, 0) is 36.4 Å². The summed E-state index contributed by atoms with van der Waals surface area (Å²) in [5.74, 6) is -0.563. The zero-order valence-electron chi connectivity index (χ0n) is 13.7. The number of amides is 2. The van der Waals surface area contributed by atoms with Crippen molar-refractivity contribution in [1.82, 2.24) is 0 Å². The third-order valence-electron chi connectivity index (χ3n) is 3.83. The van der Waals surface area contributed by atoms with Gasteiger partial charge in [0.2, 0.25) is 11.8 Å². The summed E-state index contributed by atoms with van der Waals surface area (Å²) in [5, 5.41) is 0.383. The lowest BCUT2D eigenvalue weighted by atomic mass is 10.2. The minimum absolute atomic E-state index is 0.0831. The Labute approximate surface area is 155 Å². The molecule has 1 heterocycles. The second-order valence-corrected chi connectivity index (χ2v) is 7.69. The molecule has 136 valence electrons. The standard InChI is InChI=1S/C17H15ClN2O5S/c1-25-15-6-5-13(10-14(15)20-16(21)7-8-17(20)22)26(23,24)19-12-4-2-3-11(18)9-12/h2-6,9-10,19H,7-8H2,1H3. The van der Waals surface area contributed by atoms with Gasteiger partial charge in [-0.1, -0.05) is 17.7 Å². The topological polar surface area (TPSA) is 92.8 Å². The van der Waals surface area contributed by atoms with Gasteiger partial charge in [-0.2, -0.15) is 0 Å². The highest BCUT2D eigenvalue weighted by atomic mass is 35.5. The molecular formula is C17H15ClN2O5S. The van der Waals surface area contributed by atoms with E-state index in [0.717, 1.165) is 4.90 Å². The lowest BCUT2D eigenvalue weighted by molar-refractivity contribution is -0.121. The van der Waals surface area contributed by atoms with Gasteiger partial charge in [-0.25, -0.2) is 13.3 Å². The molecule has 9 heteroatoms. The molecule has 1 fully saturated rings. The van der Waals surface area contributed by atoms with Crippen molar-refractivity contribution in [3.05, 3.63) is 47.5 Å². The van der Waals surface area contributed by atoms with E-state index < -0.39 is 21.8 Å². The SMILES string of the molecule is COc1ccc(S(=O)(=O)Nc2cccc(Cl)c2)cc1N1C(=O)CCC1=O. The number of anilines is 2. The van der Waals surface area contributed by atoms with Gasteiger partial charge >= 0.3 is 0 Å². The number of carbonyl (C=O) groups is 2. The maximum Gasteiger partial charge on any atom is 0.261 e. The highest BCUT2D eigenvalue weighted by Crippen LogP contribution is 2.34. The first kappa shape index (κ1) is 18.2. The van der Waals surface area contributed by atoms with Crippen LogP contribution in [0.4, 0.5) is 11.4 Å². The van der Waals surface area contributed by atoms with Gasteiger partial charge in [0.15, 0.2) is 0 Å². The quantitative estimate of drug-likeness (QED) is 0.787. The van der Waals surface area contributed by atoms with Crippen molar-refractivity contribution in [3.63, 3.8) is 0 Å². The normalized spacial score (nSPS) is 14.6. The summed E-state index contributed by atoms with van der Waals surface area (Å²) in [6, 6.07) is 10.2. The molecule has 0 bridgehead atoms. The second-order valence-electron chi connectivity index (χ2n) is 5.57. The molecule has 2 aromatic rings. The summed E-state index contributed by atoms with van der Waals surface area (Å²) in [7, 11) is -2.58. The van der Waals surface area contributed by atoms with Crippen molar-refractivity contribution in [1.29, 1.82) is 0 Å². The van der Waals surface area contributed by atoms with Gasteiger partial charge in [0, 0.05) is 17.9 Å². The van der Waals surface area contributed by atoms with Gasteiger partial charge in [0.05, 0.1) is 23.4 Å². The average molecular weight is 395 g/mol. The molecule has 0 spiro atoms. The van der Waals surface area contributed by atoms with Crippen LogP contribution in [-0.4, -0.2) is 27.3 Å². The predicted octanol–water partition coefficient (Wildman–Crippen LogP) is 2.80. The Morgan fingerprint density at radius 3 is 2.38 bits per heavy atom. The molecule has 2 aromatic carbocycles. The van der Waals surface area contributed by atoms with E-state index in [-0.39, 0.29) is 29.2 Å². The van der Waals surface area contributed by atoms with Gasteiger partial charge in [0.1, 0.15) is 5.75 Å². The predicted molar refractivity (Wildman–Crippen MR) is 97.0 cm³/mol. The Bertz CT molecular complexity index is 974. The largest absolute Gasteiger partial charge is 0.495 e. The summed E-state index contributed by atoms with van der Waals surface area (Å²) < 4.78 is 32.9. The molecule has 3 rings (SSSR count). The first-order valence-corrected chi connectivity index (χ1v) is 9.50. The Morgan fingerprint density at radius 2 is 1.77 bits per heavy atom. The molecular weight excluding hydrogens is 380 g/mol. The smallest absolute Gasteiger partial charge is 0.261 e. The monoisotopic (exact) mass is 394 g/mol. The van der Waals surface area contributed by atoms with E-state index in [0.29, 0.717) is 10.7 Å². The summed E-state index contributed by atoms with van der Waals surface area (Å²) in [4.78, 5) is 24.9. The van der Waals surface area contributed by atoms with E-state index in [1.807, 2.05) is 0 Å². The Balaban J connectivity index is 2.01. The number of halogens is 1. The van der Waals surface area contributed by atoms with Gasteiger partial charge in [-0.3, -0.25) is 14.3 Å². The Hall–Kier alpha value is -2.58. The molecule has 0 radical (unpaired) electrons. The number of ether oxygens (including phenoxy) is 1. The molecule has 0 saturated carbocycles. The van der Waals surface area contributed by atoms with Crippen LogP contribution in [-0.2, 0) is 19.6 Å². The number of nitrogens with zero attached hydrogens (tertiary/aromatic N) is 1. The number of hydrogen-bond donors (Lipinski definition) is 1. The van der Waals surface area contributed by atoms with E-state index in [1.165, 1.54) is 31.4 Å². The van der Waals surface area contributed by atoms with Crippen molar-refractivity contribution < 1.29 is 22.7 Å². The Morgan fingerprint density at radius 1 is 1.08 bits per heavy atom. The van der Waals surface area contributed by atoms with Crippen molar-refractivity contribution in [3.8, 4) is 5.75 Å². The zero-order valence-corrected chi connectivity index (χ0v) is 15.3. The fourth-order valence-electron chi connectivity index (χ4n) is 2.62. The third kappa shape index (κ3) is 3.51. The fraction of sp³-hybridized carbons (Fsp3) is 0.176. The van der Waals surface area contributed by atoms with Crippen LogP contribution in [0, 0.1) is 0 Å². The van der Waals surface area contributed by atoms with E-state index in [9.17, 15) is 18.0 Å². The van der Waals surface area contributed by atoms with Crippen LogP contribution in [0.1, 0.15) is 12.8 Å². The molecule has 1 saturated heterocycles. The van der Waals surface area contributed by atoms with E-state index in [1.54, 1.807) is 18.2 Å². The molecule has 0 aliphatic carbocycles. The van der Waals surface area contributed by atoms with E-state index in [4.69, 9.17) is 16.3 Å². The van der Waals surface area contributed by atoms with Crippen molar-refractivity contribution in [2.45, 2.75) is 17.7 Å². The number of hydrogen-bond acceptors (Lipinski definition) is 5. The summed E-state index contributed by atoms with van der Waals surface area (Å²) >= 11 is 5.87. The van der Waals surface area contributed by atoms with Gasteiger partial charge in [0.25, 0.3) is 10.0 Å². The minimum Gasteiger partial charge on any atom is -0.495 e. The summed E-state index contributed by atoms with van der Waals surface area (Å²) in [6.45, 7) is 0. The first-order valence-electron chi connectivity index (χ1n) is 7.64. The fourth-order valence-corrected chi connectivity index (χ4v) is 3.88. The number of sulfonamides is 1. The number of nitrogens with one attached hydrogen (secondary N) is 1. The van der Waals surface area contributed by atoms with Crippen LogP contribution >= 0.6 is 11.6 Å². The van der Waals surface area contributed by atoms with Gasteiger partial charge in [-0.15, -0.1) is 0 Å². The van der Waals surface area contributed by atoms with Crippen LogP contribution in [0.3, 0.4) is 0 Å². The maximum atomic E-state index is 12.7. The average Bonchev–Trinajstić information content (AvgIpc) is 2.92. The molecule has 1 aliphatic heterocycles. The van der Waals surface area contributed by atoms with Crippen molar-refractivity contribution in [2.24, 2.45) is 0 Å². The van der Waals surface area contributed by atoms with Crippen LogP contribution < -0.4 is 14.4 Å². The van der Waals surface area contributed by atoms with Crippen LogP contribution in [0.25, 0.3) is 0 Å². The third-order valence-corrected chi connectivity index (χ3v) is 5.44. The second kappa shape index (κ2) is 6.97. The highest BCUT2D eigenvalue weighted by Gasteiger charge is 2.33. The Kier molecular flexibility index (Phi) is 4.88. The molecule has 26 heavy (non-hydrogen) atoms. The number of methoxy groups -OCH3 is 1. The molecule has 1 aliphatic rings. The van der Waals surface area contributed by atoms with Gasteiger partial charge < -0.3 is 4.74 Å². The summed E-state index contributed by atoms with van der Waals surface area (Å²) in [6.07, 6.45) is 0.166. The van der Waals surface area contributed by atoms with E-state index >= 15 is 0 Å².